The Morgan fingerprint density at radius 3 is 2.64 bits per heavy atom. The molecule has 3 rings (SSSR count). The Labute approximate surface area is 169 Å². The van der Waals surface area contributed by atoms with E-state index in [4.69, 9.17) is 19.2 Å². The Morgan fingerprint density at radius 2 is 1.93 bits per heavy atom. The number of aliphatic imine (C=N–C) groups is 1. The van der Waals surface area contributed by atoms with Crippen LogP contribution in [0.3, 0.4) is 0 Å². The number of rotatable bonds is 9. The third-order valence-electron chi connectivity index (χ3n) is 5.21. The molecule has 0 aliphatic carbocycles. The van der Waals surface area contributed by atoms with Gasteiger partial charge in [-0.2, -0.15) is 0 Å². The van der Waals surface area contributed by atoms with Crippen molar-refractivity contribution in [2.75, 3.05) is 32.9 Å². The Bertz CT molecular complexity index is 623. The van der Waals surface area contributed by atoms with Gasteiger partial charge in [-0.1, -0.05) is 12.1 Å². The monoisotopic (exact) mass is 389 g/mol. The molecule has 2 aliphatic rings. The van der Waals surface area contributed by atoms with Crippen molar-refractivity contribution in [1.82, 2.24) is 10.6 Å². The standard InChI is InChI=1S/C22H35N3O3/c1-3-23-22(24-11-10-19-6-4-12-26-19)25-15-18-9-8-17(2)14-21(18)28-16-20-7-5-13-27-20/h8-9,14,19-20H,3-7,10-13,15-16H2,1-2H3,(H2,23,24,25). The van der Waals surface area contributed by atoms with Gasteiger partial charge in [0.25, 0.3) is 0 Å². The molecule has 2 atom stereocenters. The lowest BCUT2D eigenvalue weighted by Gasteiger charge is -2.16. The van der Waals surface area contributed by atoms with E-state index in [-0.39, 0.29) is 6.10 Å². The van der Waals surface area contributed by atoms with Gasteiger partial charge >= 0.3 is 0 Å². The van der Waals surface area contributed by atoms with Gasteiger partial charge in [0.05, 0.1) is 18.8 Å². The summed E-state index contributed by atoms with van der Waals surface area (Å²) in [5, 5.41) is 6.75. The van der Waals surface area contributed by atoms with Crippen LogP contribution < -0.4 is 15.4 Å². The first-order valence-electron chi connectivity index (χ1n) is 10.7. The van der Waals surface area contributed by atoms with Gasteiger partial charge in [0, 0.05) is 31.9 Å². The number of nitrogens with zero attached hydrogens (tertiary/aromatic N) is 1. The molecule has 0 bridgehead atoms. The van der Waals surface area contributed by atoms with Crippen LogP contribution in [0.1, 0.15) is 50.2 Å². The normalized spacial score (nSPS) is 22.4. The largest absolute Gasteiger partial charge is 0.491 e. The molecule has 28 heavy (non-hydrogen) atoms. The van der Waals surface area contributed by atoms with Crippen LogP contribution in [-0.4, -0.2) is 51.1 Å². The van der Waals surface area contributed by atoms with E-state index in [9.17, 15) is 0 Å². The second-order valence-corrected chi connectivity index (χ2v) is 7.60. The molecule has 0 spiro atoms. The van der Waals surface area contributed by atoms with Crippen molar-refractivity contribution in [3.8, 4) is 5.75 Å². The first-order chi connectivity index (χ1) is 13.7. The van der Waals surface area contributed by atoms with Gasteiger partial charge in [0.2, 0.25) is 0 Å². The van der Waals surface area contributed by atoms with Crippen LogP contribution in [0, 0.1) is 6.92 Å². The predicted octanol–water partition coefficient (Wildman–Crippen LogP) is 3.18. The van der Waals surface area contributed by atoms with Crippen molar-refractivity contribution in [2.24, 2.45) is 4.99 Å². The van der Waals surface area contributed by atoms with Crippen LogP contribution in [0.2, 0.25) is 0 Å². The highest BCUT2D eigenvalue weighted by Gasteiger charge is 2.17. The Hall–Kier alpha value is -1.79. The fourth-order valence-corrected chi connectivity index (χ4v) is 3.61. The minimum atomic E-state index is 0.216. The van der Waals surface area contributed by atoms with Gasteiger partial charge in [-0.25, -0.2) is 4.99 Å². The fourth-order valence-electron chi connectivity index (χ4n) is 3.61. The van der Waals surface area contributed by atoms with Crippen molar-refractivity contribution < 1.29 is 14.2 Å². The highest BCUT2D eigenvalue weighted by Crippen LogP contribution is 2.23. The molecule has 1 aromatic carbocycles. The Balaban J connectivity index is 1.55. The summed E-state index contributed by atoms with van der Waals surface area (Å²) in [4.78, 5) is 4.76. The van der Waals surface area contributed by atoms with E-state index in [1.54, 1.807) is 0 Å². The van der Waals surface area contributed by atoms with Crippen LogP contribution in [0.25, 0.3) is 0 Å². The van der Waals surface area contributed by atoms with Crippen molar-refractivity contribution in [1.29, 1.82) is 0 Å². The molecule has 0 amide bonds. The zero-order valence-corrected chi connectivity index (χ0v) is 17.3. The van der Waals surface area contributed by atoms with Crippen molar-refractivity contribution in [2.45, 2.75) is 64.7 Å². The molecule has 2 unspecified atom stereocenters. The maximum Gasteiger partial charge on any atom is 0.191 e. The average Bonchev–Trinajstić information content (AvgIpc) is 3.39. The Morgan fingerprint density at radius 1 is 1.14 bits per heavy atom. The summed E-state index contributed by atoms with van der Waals surface area (Å²) in [6, 6.07) is 6.32. The van der Waals surface area contributed by atoms with Crippen molar-refractivity contribution in [3.05, 3.63) is 29.3 Å². The number of benzene rings is 1. The summed E-state index contributed by atoms with van der Waals surface area (Å²) in [6.07, 6.45) is 6.19. The summed E-state index contributed by atoms with van der Waals surface area (Å²) >= 11 is 0. The number of guanidine groups is 1. The first-order valence-corrected chi connectivity index (χ1v) is 10.7. The number of nitrogens with one attached hydrogen (secondary N) is 2. The molecule has 6 nitrogen and oxygen atoms in total. The van der Waals surface area contributed by atoms with E-state index in [2.05, 4.69) is 42.7 Å². The van der Waals surface area contributed by atoms with Gasteiger partial charge in [-0.15, -0.1) is 0 Å². The van der Waals surface area contributed by atoms with Crippen LogP contribution in [0.4, 0.5) is 0 Å². The molecular weight excluding hydrogens is 354 g/mol. The summed E-state index contributed by atoms with van der Waals surface area (Å²) in [6.45, 7) is 8.82. The van der Waals surface area contributed by atoms with Crippen LogP contribution >= 0.6 is 0 Å². The molecule has 0 saturated carbocycles. The topological polar surface area (TPSA) is 64.1 Å². The molecule has 0 radical (unpaired) electrons. The maximum atomic E-state index is 6.09. The zero-order valence-electron chi connectivity index (χ0n) is 17.3. The maximum absolute atomic E-state index is 6.09. The average molecular weight is 390 g/mol. The number of hydrogen-bond donors (Lipinski definition) is 2. The molecule has 1 aromatic rings. The minimum absolute atomic E-state index is 0.216. The second kappa shape index (κ2) is 11.3. The van der Waals surface area contributed by atoms with E-state index in [1.165, 1.54) is 18.4 Å². The highest BCUT2D eigenvalue weighted by molar-refractivity contribution is 5.79. The van der Waals surface area contributed by atoms with E-state index in [0.717, 1.165) is 62.8 Å². The number of hydrogen-bond acceptors (Lipinski definition) is 4. The zero-order chi connectivity index (χ0) is 19.6. The molecule has 2 N–H and O–H groups in total. The summed E-state index contributed by atoms with van der Waals surface area (Å²) in [5.41, 5.74) is 2.29. The lowest BCUT2D eigenvalue weighted by Crippen LogP contribution is -2.38. The second-order valence-electron chi connectivity index (χ2n) is 7.60. The molecule has 2 heterocycles. The summed E-state index contributed by atoms with van der Waals surface area (Å²) < 4.78 is 17.5. The number of aryl methyl sites for hydroxylation is 1. The van der Waals surface area contributed by atoms with E-state index in [0.29, 0.717) is 19.3 Å². The first kappa shape index (κ1) is 20.9. The summed E-state index contributed by atoms with van der Waals surface area (Å²) in [5.74, 6) is 1.75. The highest BCUT2D eigenvalue weighted by atomic mass is 16.5. The Kier molecular flexibility index (Phi) is 8.42. The molecular formula is C22H35N3O3. The third-order valence-corrected chi connectivity index (χ3v) is 5.21. The lowest BCUT2D eigenvalue weighted by molar-refractivity contribution is 0.0676. The smallest absolute Gasteiger partial charge is 0.191 e. The van der Waals surface area contributed by atoms with Crippen molar-refractivity contribution in [3.63, 3.8) is 0 Å². The van der Waals surface area contributed by atoms with Gasteiger partial charge in [0.15, 0.2) is 5.96 Å². The van der Waals surface area contributed by atoms with E-state index in [1.807, 2.05) is 0 Å². The van der Waals surface area contributed by atoms with Gasteiger partial charge in [0.1, 0.15) is 12.4 Å². The molecule has 156 valence electrons. The predicted molar refractivity (Wildman–Crippen MR) is 112 cm³/mol. The molecule has 2 aliphatic heterocycles. The van der Waals surface area contributed by atoms with Gasteiger partial charge < -0.3 is 24.8 Å². The van der Waals surface area contributed by atoms with Gasteiger partial charge in [-0.3, -0.25) is 0 Å². The van der Waals surface area contributed by atoms with Crippen LogP contribution in [0.15, 0.2) is 23.2 Å². The van der Waals surface area contributed by atoms with Crippen LogP contribution in [-0.2, 0) is 16.0 Å². The van der Waals surface area contributed by atoms with Crippen LogP contribution in [0.5, 0.6) is 5.75 Å². The van der Waals surface area contributed by atoms with Gasteiger partial charge in [-0.05, 0) is 57.6 Å². The van der Waals surface area contributed by atoms with E-state index < -0.39 is 0 Å². The molecule has 2 fully saturated rings. The summed E-state index contributed by atoms with van der Waals surface area (Å²) in [7, 11) is 0. The lowest BCUT2D eigenvalue weighted by atomic mass is 10.1. The third kappa shape index (κ3) is 6.67. The van der Waals surface area contributed by atoms with Crippen molar-refractivity contribution >= 4 is 5.96 Å². The molecule has 0 aromatic heterocycles. The molecule has 2 saturated heterocycles. The minimum Gasteiger partial charge on any atom is -0.491 e. The van der Waals surface area contributed by atoms with E-state index >= 15 is 0 Å². The molecule has 6 heteroatoms. The SMILES string of the molecule is CCNC(=NCc1ccc(C)cc1OCC1CCCO1)NCCC1CCCO1. The quantitative estimate of drug-likeness (QED) is 0.502. The number of ether oxygens (including phenoxy) is 3. The fraction of sp³-hybridized carbons (Fsp3) is 0.682.